The zero-order valence-corrected chi connectivity index (χ0v) is 20.9. The minimum atomic E-state index is 0.247. The van der Waals surface area contributed by atoms with Crippen LogP contribution in [0.3, 0.4) is 0 Å². The molecule has 3 rings (SSSR count). The highest BCUT2D eigenvalue weighted by Crippen LogP contribution is 2.35. The van der Waals surface area contributed by atoms with Crippen molar-refractivity contribution in [2.45, 2.75) is 53.0 Å². The van der Waals surface area contributed by atoms with Crippen molar-refractivity contribution in [1.82, 2.24) is 14.5 Å². The van der Waals surface area contributed by atoms with E-state index in [4.69, 9.17) is 19.4 Å². The third kappa shape index (κ3) is 4.81. The lowest BCUT2D eigenvalue weighted by atomic mass is 10.0. The quantitative estimate of drug-likeness (QED) is 0.425. The second-order valence-electron chi connectivity index (χ2n) is 8.92. The van der Waals surface area contributed by atoms with E-state index in [-0.39, 0.29) is 6.04 Å². The van der Waals surface area contributed by atoms with E-state index in [2.05, 4.69) is 75.5 Å². The van der Waals surface area contributed by atoms with Crippen LogP contribution in [0.15, 0.2) is 24.4 Å². The maximum Gasteiger partial charge on any atom is 0.138 e. The van der Waals surface area contributed by atoms with E-state index >= 15 is 0 Å². The molecule has 0 saturated heterocycles. The summed E-state index contributed by atoms with van der Waals surface area (Å²) in [7, 11) is 5.56. The highest BCUT2D eigenvalue weighted by Gasteiger charge is 2.20. The van der Waals surface area contributed by atoms with Crippen LogP contribution in [0.25, 0.3) is 22.3 Å². The van der Waals surface area contributed by atoms with Gasteiger partial charge in [0.25, 0.3) is 0 Å². The van der Waals surface area contributed by atoms with E-state index in [9.17, 15) is 0 Å². The van der Waals surface area contributed by atoms with Gasteiger partial charge in [-0.3, -0.25) is 0 Å². The molecule has 32 heavy (non-hydrogen) atoms. The van der Waals surface area contributed by atoms with Crippen molar-refractivity contribution < 1.29 is 9.47 Å². The third-order valence-electron chi connectivity index (χ3n) is 6.07. The van der Waals surface area contributed by atoms with E-state index in [0.717, 1.165) is 46.8 Å². The van der Waals surface area contributed by atoms with Crippen LogP contribution in [0.2, 0.25) is 0 Å². The number of rotatable bonds is 10. The molecule has 6 nitrogen and oxygen atoms in total. The molecule has 0 aliphatic rings. The molecule has 0 aliphatic carbocycles. The number of aryl methyl sites for hydroxylation is 2. The molecule has 0 bridgehead atoms. The van der Waals surface area contributed by atoms with Crippen LogP contribution in [-0.4, -0.2) is 55.6 Å². The molecule has 0 N–H and O–H groups in total. The molecule has 0 aliphatic heterocycles. The number of anilines is 1. The van der Waals surface area contributed by atoms with Gasteiger partial charge < -0.3 is 18.9 Å². The molecular formula is C26H38N4O2. The van der Waals surface area contributed by atoms with Crippen LogP contribution in [0, 0.1) is 6.92 Å². The van der Waals surface area contributed by atoms with E-state index in [1.54, 1.807) is 14.2 Å². The third-order valence-corrected chi connectivity index (χ3v) is 6.07. The van der Waals surface area contributed by atoms with Crippen molar-refractivity contribution >= 4 is 16.9 Å². The number of hydrogen-bond donors (Lipinski definition) is 0. The summed E-state index contributed by atoms with van der Waals surface area (Å²) in [4.78, 5) is 12.4. The fraction of sp³-hybridized carbons (Fsp3) is 0.538. The molecule has 0 amide bonds. The van der Waals surface area contributed by atoms with E-state index in [0.29, 0.717) is 19.1 Å². The van der Waals surface area contributed by atoms with Gasteiger partial charge in [0.2, 0.25) is 0 Å². The monoisotopic (exact) mass is 438 g/mol. The second kappa shape index (κ2) is 10.5. The molecule has 3 aromatic heterocycles. The summed E-state index contributed by atoms with van der Waals surface area (Å²) in [5, 5.41) is 0. The number of fused-ring (bicyclic) bond motifs is 1. The smallest absolute Gasteiger partial charge is 0.138 e. The van der Waals surface area contributed by atoms with Crippen LogP contribution in [-0.2, 0) is 15.9 Å². The molecule has 0 fully saturated rings. The van der Waals surface area contributed by atoms with Crippen molar-refractivity contribution in [3.8, 4) is 11.3 Å². The lowest BCUT2D eigenvalue weighted by Crippen LogP contribution is -2.24. The number of methoxy groups -OCH3 is 2. The van der Waals surface area contributed by atoms with Crippen molar-refractivity contribution in [1.29, 1.82) is 0 Å². The number of hydrogen-bond acceptors (Lipinski definition) is 5. The minimum Gasteiger partial charge on any atom is -0.383 e. The molecule has 0 aromatic carbocycles. The Hall–Kier alpha value is -2.44. The van der Waals surface area contributed by atoms with Crippen molar-refractivity contribution in [3.05, 3.63) is 41.2 Å². The molecular weight excluding hydrogens is 400 g/mol. The number of likely N-dealkylation sites (N-methyl/N-ethyl adjacent to an activating group) is 1. The van der Waals surface area contributed by atoms with Crippen LogP contribution in [0.4, 0.5) is 5.82 Å². The van der Waals surface area contributed by atoms with Crippen LogP contribution >= 0.6 is 0 Å². The SMILES string of the molecule is CCc1cc2c(nc1-c1ccc(C(C)C)nc1N(C)CCOC)c(C)cn2[C@@H](C)COC. The summed E-state index contributed by atoms with van der Waals surface area (Å²) in [6.07, 6.45) is 3.09. The second-order valence-corrected chi connectivity index (χ2v) is 8.92. The predicted molar refractivity (Wildman–Crippen MR) is 133 cm³/mol. The normalized spacial score (nSPS) is 12.7. The van der Waals surface area contributed by atoms with E-state index in [1.807, 2.05) is 0 Å². The standard InChI is InChI=1S/C26H38N4O2/c1-9-20-14-23-24(18(4)15-30(23)19(5)16-32-8)28-25(20)21-10-11-22(17(2)3)27-26(21)29(6)12-13-31-7/h10-11,14-15,17,19H,9,12-13,16H2,1-8H3/t19-/m0/s1. The molecule has 0 spiro atoms. The number of nitrogens with zero attached hydrogens (tertiary/aromatic N) is 4. The Kier molecular flexibility index (Phi) is 7.91. The number of aromatic nitrogens is 3. The Morgan fingerprint density at radius 2 is 1.84 bits per heavy atom. The maximum atomic E-state index is 5.41. The Labute approximate surface area is 192 Å². The van der Waals surface area contributed by atoms with Gasteiger partial charge in [0, 0.05) is 45.3 Å². The van der Waals surface area contributed by atoms with Gasteiger partial charge in [0.15, 0.2) is 0 Å². The van der Waals surface area contributed by atoms with Crippen molar-refractivity contribution in [2.24, 2.45) is 0 Å². The number of pyridine rings is 2. The predicted octanol–water partition coefficient (Wildman–Crippen LogP) is 5.38. The molecule has 0 radical (unpaired) electrons. The van der Waals surface area contributed by atoms with Gasteiger partial charge in [-0.1, -0.05) is 20.8 Å². The summed E-state index contributed by atoms with van der Waals surface area (Å²) in [5.41, 5.74) is 7.77. The molecule has 174 valence electrons. The average molecular weight is 439 g/mol. The van der Waals surface area contributed by atoms with Gasteiger partial charge in [0.1, 0.15) is 5.82 Å². The summed E-state index contributed by atoms with van der Waals surface area (Å²) < 4.78 is 13.0. The van der Waals surface area contributed by atoms with Gasteiger partial charge in [-0.15, -0.1) is 0 Å². The molecule has 3 heterocycles. The number of ether oxygens (including phenoxy) is 2. The molecule has 1 atom stereocenters. The van der Waals surface area contributed by atoms with E-state index < -0.39 is 0 Å². The van der Waals surface area contributed by atoms with Crippen LogP contribution in [0.1, 0.15) is 56.5 Å². The van der Waals surface area contributed by atoms with Crippen molar-refractivity contribution in [2.75, 3.05) is 45.9 Å². The van der Waals surface area contributed by atoms with Crippen LogP contribution < -0.4 is 4.90 Å². The molecule has 0 saturated carbocycles. The summed E-state index contributed by atoms with van der Waals surface area (Å²) >= 11 is 0. The Morgan fingerprint density at radius 3 is 2.47 bits per heavy atom. The van der Waals surface area contributed by atoms with Gasteiger partial charge >= 0.3 is 0 Å². The fourth-order valence-corrected chi connectivity index (χ4v) is 4.15. The molecule has 3 aromatic rings. The fourth-order valence-electron chi connectivity index (χ4n) is 4.15. The average Bonchev–Trinajstić information content (AvgIpc) is 3.11. The van der Waals surface area contributed by atoms with Crippen molar-refractivity contribution in [3.63, 3.8) is 0 Å². The largest absolute Gasteiger partial charge is 0.383 e. The molecule has 0 unspecified atom stereocenters. The Morgan fingerprint density at radius 1 is 1.09 bits per heavy atom. The first-order valence-electron chi connectivity index (χ1n) is 11.5. The Balaban J connectivity index is 2.21. The highest BCUT2D eigenvalue weighted by atomic mass is 16.5. The topological polar surface area (TPSA) is 52.4 Å². The minimum absolute atomic E-state index is 0.247. The summed E-state index contributed by atoms with van der Waals surface area (Å²) in [5.74, 6) is 1.32. The van der Waals surface area contributed by atoms with Gasteiger partial charge in [0.05, 0.1) is 36.0 Å². The molecule has 6 heteroatoms. The lowest BCUT2D eigenvalue weighted by Gasteiger charge is -2.23. The van der Waals surface area contributed by atoms with Gasteiger partial charge in [-0.25, -0.2) is 9.97 Å². The summed E-state index contributed by atoms with van der Waals surface area (Å²) in [6, 6.07) is 6.87. The first kappa shape index (κ1) is 24.2. The first-order chi connectivity index (χ1) is 15.3. The summed E-state index contributed by atoms with van der Waals surface area (Å²) in [6.45, 7) is 12.9. The van der Waals surface area contributed by atoms with Gasteiger partial charge in [-0.05, 0) is 55.5 Å². The van der Waals surface area contributed by atoms with Gasteiger partial charge in [-0.2, -0.15) is 0 Å². The maximum absolute atomic E-state index is 5.41. The highest BCUT2D eigenvalue weighted by molar-refractivity contribution is 5.86. The first-order valence-corrected chi connectivity index (χ1v) is 11.5. The lowest BCUT2D eigenvalue weighted by molar-refractivity contribution is 0.164. The Bertz CT molecular complexity index is 1060. The van der Waals surface area contributed by atoms with Crippen LogP contribution in [0.5, 0.6) is 0 Å². The zero-order valence-electron chi connectivity index (χ0n) is 20.9. The zero-order chi connectivity index (χ0) is 23.4. The van der Waals surface area contributed by atoms with E-state index in [1.165, 1.54) is 11.1 Å².